The van der Waals surface area contributed by atoms with E-state index in [4.69, 9.17) is 4.74 Å². The van der Waals surface area contributed by atoms with Crippen molar-refractivity contribution in [1.29, 1.82) is 0 Å². The van der Waals surface area contributed by atoms with Crippen LogP contribution in [0.25, 0.3) is 0 Å². The Morgan fingerprint density at radius 2 is 1.60 bits per heavy atom. The maximum Gasteiger partial charge on any atom is 0.111 e. The molecule has 0 radical (unpaired) electrons. The van der Waals surface area contributed by atoms with Crippen LogP contribution in [0, 0.1) is 5.41 Å². The van der Waals surface area contributed by atoms with Crippen molar-refractivity contribution in [2.24, 2.45) is 5.41 Å². The van der Waals surface area contributed by atoms with Crippen molar-refractivity contribution in [2.45, 2.75) is 51.3 Å². The maximum absolute atomic E-state index is 9.81. The Kier molecular flexibility index (Phi) is 4.17. The Balaban J connectivity index is 2.83. The quantitative estimate of drug-likeness (QED) is 0.604. The lowest BCUT2D eigenvalue weighted by Gasteiger charge is -2.45. The lowest BCUT2D eigenvalue weighted by molar-refractivity contribution is -0.238. The van der Waals surface area contributed by atoms with E-state index in [-0.39, 0.29) is 5.41 Å². The molecule has 1 heterocycles. The number of hydrogen-bond acceptors (Lipinski definition) is 4. The van der Waals surface area contributed by atoms with E-state index < -0.39 is 30.5 Å². The van der Waals surface area contributed by atoms with Crippen LogP contribution in [0.4, 0.5) is 0 Å². The van der Waals surface area contributed by atoms with Gasteiger partial charge in [-0.3, -0.25) is 0 Å². The molecule has 4 nitrogen and oxygen atoms in total. The van der Waals surface area contributed by atoms with E-state index in [0.29, 0.717) is 5.33 Å². The number of hydrogen-bond donors (Lipinski definition) is 3. The fraction of sp³-hybridized carbons (Fsp3) is 1.00. The van der Waals surface area contributed by atoms with E-state index >= 15 is 0 Å². The van der Waals surface area contributed by atoms with Gasteiger partial charge < -0.3 is 20.1 Å². The molecule has 5 atom stereocenters. The lowest BCUT2D eigenvalue weighted by Crippen LogP contribution is -2.61. The van der Waals surface area contributed by atoms with E-state index in [2.05, 4.69) is 15.9 Å². The summed E-state index contributed by atoms with van der Waals surface area (Å²) in [5.74, 6) is 0. The SMILES string of the molecule is CC(C)(C)C1OC(CBr)[C@H](O)[C@H](O)C1O. The molecule has 0 bridgehead atoms. The van der Waals surface area contributed by atoms with Gasteiger partial charge in [0.15, 0.2) is 0 Å². The number of aliphatic hydroxyl groups excluding tert-OH is 3. The molecule has 5 heteroatoms. The molecular weight excluding hydrogens is 264 g/mol. The van der Waals surface area contributed by atoms with Crippen LogP contribution in [-0.2, 0) is 4.74 Å². The molecule has 0 spiro atoms. The highest BCUT2D eigenvalue weighted by molar-refractivity contribution is 9.09. The summed E-state index contributed by atoms with van der Waals surface area (Å²) < 4.78 is 5.59. The average molecular weight is 283 g/mol. The first kappa shape index (κ1) is 13.4. The lowest BCUT2D eigenvalue weighted by atomic mass is 9.80. The topological polar surface area (TPSA) is 69.9 Å². The highest BCUT2D eigenvalue weighted by atomic mass is 79.9. The number of alkyl halides is 1. The largest absolute Gasteiger partial charge is 0.388 e. The zero-order valence-electron chi connectivity index (χ0n) is 9.22. The minimum Gasteiger partial charge on any atom is -0.388 e. The van der Waals surface area contributed by atoms with Crippen LogP contribution in [0.2, 0.25) is 0 Å². The van der Waals surface area contributed by atoms with Crippen LogP contribution >= 0.6 is 15.9 Å². The number of aliphatic hydroxyl groups is 3. The Bertz CT molecular complexity index is 214. The van der Waals surface area contributed by atoms with E-state index in [9.17, 15) is 15.3 Å². The third-order valence-corrected chi connectivity index (χ3v) is 3.36. The second-order valence-corrected chi connectivity index (χ2v) is 5.73. The summed E-state index contributed by atoms with van der Waals surface area (Å²) in [6, 6.07) is 0. The summed E-state index contributed by atoms with van der Waals surface area (Å²) >= 11 is 3.22. The molecule has 1 aliphatic heterocycles. The highest BCUT2D eigenvalue weighted by Crippen LogP contribution is 2.33. The number of rotatable bonds is 1. The molecule has 3 N–H and O–H groups in total. The average Bonchev–Trinajstić information content (AvgIpc) is 2.13. The van der Waals surface area contributed by atoms with Crippen molar-refractivity contribution >= 4 is 15.9 Å². The molecule has 15 heavy (non-hydrogen) atoms. The van der Waals surface area contributed by atoms with Crippen molar-refractivity contribution in [3.8, 4) is 0 Å². The Morgan fingerprint density at radius 3 is 2.00 bits per heavy atom. The molecule has 0 aromatic carbocycles. The smallest absolute Gasteiger partial charge is 0.111 e. The molecule has 1 rings (SSSR count). The number of halogens is 1. The molecule has 0 aromatic rings. The normalized spacial score (nSPS) is 43.0. The molecule has 0 amide bonds. The van der Waals surface area contributed by atoms with Gasteiger partial charge >= 0.3 is 0 Å². The molecule has 1 saturated heterocycles. The zero-order valence-corrected chi connectivity index (χ0v) is 10.8. The Labute approximate surface area is 98.4 Å². The van der Waals surface area contributed by atoms with E-state index in [1.165, 1.54) is 0 Å². The van der Waals surface area contributed by atoms with Crippen molar-refractivity contribution < 1.29 is 20.1 Å². The molecule has 3 unspecified atom stereocenters. The summed E-state index contributed by atoms with van der Waals surface area (Å²) in [6.45, 7) is 5.78. The van der Waals surface area contributed by atoms with Crippen LogP contribution in [0.3, 0.4) is 0 Å². The van der Waals surface area contributed by atoms with Crippen molar-refractivity contribution in [3.05, 3.63) is 0 Å². The van der Waals surface area contributed by atoms with Gasteiger partial charge in [0.05, 0.1) is 12.2 Å². The van der Waals surface area contributed by atoms with Gasteiger partial charge in [-0.05, 0) is 5.41 Å². The second-order valence-electron chi connectivity index (χ2n) is 5.09. The predicted molar refractivity (Wildman–Crippen MR) is 59.9 cm³/mol. The molecule has 90 valence electrons. The Morgan fingerprint density at radius 1 is 1.07 bits per heavy atom. The van der Waals surface area contributed by atoms with Gasteiger partial charge in [0, 0.05) is 5.33 Å². The van der Waals surface area contributed by atoms with Gasteiger partial charge in [-0.15, -0.1) is 0 Å². The Hall–Kier alpha value is 0.320. The molecule has 1 aliphatic rings. The van der Waals surface area contributed by atoms with Gasteiger partial charge in [-0.1, -0.05) is 36.7 Å². The van der Waals surface area contributed by atoms with Crippen LogP contribution in [0.5, 0.6) is 0 Å². The first-order valence-corrected chi connectivity index (χ1v) is 6.16. The zero-order chi connectivity index (χ0) is 11.8. The van der Waals surface area contributed by atoms with E-state index in [1.807, 2.05) is 20.8 Å². The van der Waals surface area contributed by atoms with Gasteiger partial charge in [0.25, 0.3) is 0 Å². The first-order chi connectivity index (χ1) is 6.79. The molecule has 0 aliphatic carbocycles. The summed E-state index contributed by atoms with van der Waals surface area (Å²) in [5.41, 5.74) is -0.277. The summed E-state index contributed by atoms with van der Waals surface area (Å²) in [6.07, 6.45) is -4.19. The van der Waals surface area contributed by atoms with Gasteiger partial charge in [-0.2, -0.15) is 0 Å². The third-order valence-electron chi connectivity index (χ3n) is 2.72. The van der Waals surface area contributed by atoms with Crippen LogP contribution < -0.4 is 0 Å². The van der Waals surface area contributed by atoms with Gasteiger partial charge in [-0.25, -0.2) is 0 Å². The highest BCUT2D eigenvalue weighted by Gasteiger charge is 2.47. The fourth-order valence-corrected chi connectivity index (χ4v) is 2.33. The monoisotopic (exact) mass is 282 g/mol. The minimum absolute atomic E-state index is 0.277. The first-order valence-electron chi connectivity index (χ1n) is 5.04. The van der Waals surface area contributed by atoms with Crippen molar-refractivity contribution in [1.82, 2.24) is 0 Å². The molecule has 0 saturated carbocycles. The predicted octanol–water partition coefficient (Wildman–Crippen LogP) is 0.277. The molecule has 0 aromatic heterocycles. The minimum atomic E-state index is -1.15. The summed E-state index contributed by atoms with van der Waals surface area (Å²) in [5, 5.41) is 29.5. The number of ether oxygens (including phenoxy) is 1. The van der Waals surface area contributed by atoms with Gasteiger partial charge in [0.2, 0.25) is 0 Å². The van der Waals surface area contributed by atoms with Crippen molar-refractivity contribution in [2.75, 3.05) is 5.33 Å². The molecule has 1 fully saturated rings. The van der Waals surface area contributed by atoms with Crippen LogP contribution in [-0.4, -0.2) is 51.2 Å². The third kappa shape index (κ3) is 2.71. The molecular formula is C10H19BrO4. The van der Waals surface area contributed by atoms with Crippen LogP contribution in [0.1, 0.15) is 20.8 Å². The van der Waals surface area contributed by atoms with Gasteiger partial charge in [0.1, 0.15) is 18.3 Å². The summed E-state index contributed by atoms with van der Waals surface area (Å²) in [7, 11) is 0. The van der Waals surface area contributed by atoms with E-state index in [1.54, 1.807) is 0 Å². The summed E-state index contributed by atoms with van der Waals surface area (Å²) in [4.78, 5) is 0. The fourth-order valence-electron chi connectivity index (χ4n) is 1.79. The second kappa shape index (κ2) is 4.67. The van der Waals surface area contributed by atoms with Crippen molar-refractivity contribution in [3.63, 3.8) is 0 Å². The standard InChI is InChI=1S/C10H19BrO4/c1-10(2,3)9-8(14)7(13)6(12)5(4-11)15-9/h5-9,12-14H,4H2,1-3H3/t5?,6-,7-,8?,9?/m0/s1. The van der Waals surface area contributed by atoms with E-state index in [0.717, 1.165) is 0 Å². The maximum atomic E-state index is 9.81. The van der Waals surface area contributed by atoms with Crippen LogP contribution in [0.15, 0.2) is 0 Å².